The zero-order valence-electron chi connectivity index (χ0n) is 12.7. The summed E-state index contributed by atoms with van der Waals surface area (Å²) in [5.74, 6) is -0.0934. The van der Waals surface area contributed by atoms with Crippen molar-refractivity contribution in [1.29, 1.82) is 0 Å². The van der Waals surface area contributed by atoms with E-state index in [9.17, 15) is 9.59 Å². The molecule has 0 unspecified atom stereocenters. The Morgan fingerprint density at radius 1 is 1.14 bits per heavy atom. The Balaban J connectivity index is 1.69. The van der Waals surface area contributed by atoms with Crippen molar-refractivity contribution in [3.63, 3.8) is 0 Å². The number of carbonyl (C=O) groups excluding carboxylic acids is 2. The van der Waals surface area contributed by atoms with Crippen LogP contribution in [0.2, 0.25) is 0 Å². The van der Waals surface area contributed by atoms with E-state index in [1.165, 1.54) is 16.1 Å². The molecule has 1 aromatic rings. The van der Waals surface area contributed by atoms with E-state index in [-0.39, 0.29) is 11.8 Å². The van der Waals surface area contributed by atoms with Crippen LogP contribution >= 0.6 is 0 Å². The van der Waals surface area contributed by atoms with E-state index >= 15 is 0 Å². The molecule has 0 N–H and O–H groups in total. The molecule has 0 atom stereocenters. The first-order valence-corrected chi connectivity index (χ1v) is 7.53. The second-order valence-corrected chi connectivity index (χ2v) is 5.56. The lowest BCUT2D eigenvalue weighted by Gasteiger charge is -2.28. The largest absolute Gasteiger partial charge is 0.333 e. The minimum absolute atomic E-state index is 0.0403. The lowest BCUT2D eigenvalue weighted by molar-refractivity contribution is -0.130. The van der Waals surface area contributed by atoms with Gasteiger partial charge in [-0.25, -0.2) is 5.01 Å². The van der Waals surface area contributed by atoms with Gasteiger partial charge in [0, 0.05) is 33.0 Å². The molecule has 0 aromatic heterocycles. The zero-order valence-corrected chi connectivity index (χ0v) is 12.7. The Morgan fingerprint density at radius 2 is 1.91 bits per heavy atom. The minimum atomic E-state index is -0.0530. The van der Waals surface area contributed by atoms with Crippen LogP contribution in [0.25, 0.3) is 5.57 Å². The Kier molecular flexibility index (Phi) is 4.04. The average Bonchev–Trinajstić information content (AvgIpc) is 2.58. The first-order valence-electron chi connectivity index (χ1n) is 7.53. The first kappa shape index (κ1) is 14.5. The molecule has 5 nitrogen and oxygen atoms in total. The van der Waals surface area contributed by atoms with E-state index in [1.807, 2.05) is 18.2 Å². The number of nitrogens with zero attached hydrogens (tertiary/aromatic N) is 3. The van der Waals surface area contributed by atoms with Gasteiger partial charge in [-0.05, 0) is 17.6 Å². The Bertz CT molecular complexity index is 649. The van der Waals surface area contributed by atoms with Crippen LogP contribution in [0.4, 0.5) is 0 Å². The lowest BCUT2D eigenvalue weighted by Crippen LogP contribution is -2.42. The summed E-state index contributed by atoms with van der Waals surface area (Å²) >= 11 is 0. The molecule has 0 bridgehead atoms. The molecule has 3 rings (SSSR count). The van der Waals surface area contributed by atoms with Gasteiger partial charge in [-0.2, -0.15) is 5.10 Å². The van der Waals surface area contributed by atoms with Crippen LogP contribution in [0, 0.1) is 0 Å². The Hall–Kier alpha value is -2.43. The molecular weight excluding hydrogens is 278 g/mol. The number of benzene rings is 1. The van der Waals surface area contributed by atoms with Crippen molar-refractivity contribution >= 4 is 23.1 Å². The molecule has 114 valence electrons. The van der Waals surface area contributed by atoms with E-state index in [0.717, 1.165) is 6.42 Å². The first-order chi connectivity index (χ1) is 10.6. The number of carbonyl (C=O) groups is 2. The fourth-order valence-electron chi connectivity index (χ4n) is 2.77. The molecule has 2 heterocycles. The predicted octanol–water partition coefficient (Wildman–Crippen LogP) is 1.91. The summed E-state index contributed by atoms with van der Waals surface area (Å²) < 4.78 is 0. The van der Waals surface area contributed by atoms with Gasteiger partial charge in [0.15, 0.2) is 0 Å². The van der Waals surface area contributed by atoms with Crippen molar-refractivity contribution in [2.45, 2.75) is 19.3 Å². The van der Waals surface area contributed by atoms with Gasteiger partial charge in [0.1, 0.15) is 5.71 Å². The molecule has 0 saturated heterocycles. The predicted molar refractivity (Wildman–Crippen MR) is 85.1 cm³/mol. The Morgan fingerprint density at radius 3 is 2.55 bits per heavy atom. The van der Waals surface area contributed by atoms with E-state index in [1.54, 1.807) is 11.9 Å². The molecule has 5 heteroatoms. The maximum absolute atomic E-state index is 12.5. The second-order valence-electron chi connectivity index (χ2n) is 5.56. The third-order valence-corrected chi connectivity index (χ3v) is 4.10. The zero-order chi connectivity index (χ0) is 15.5. The van der Waals surface area contributed by atoms with E-state index < -0.39 is 0 Å². The molecule has 2 amide bonds. The highest BCUT2D eigenvalue weighted by Gasteiger charge is 2.26. The molecule has 22 heavy (non-hydrogen) atoms. The van der Waals surface area contributed by atoms with Crippen LogP contribution in [0.3, 0.4) is 0 Å². The van der Waals surface area contributed by atoms with Crippen molar-refractivity contribution in [3.05, 3.63) is 42.0 Å². The number of rotatable bonds is 2. The fraction of sp³-hybridized carbons (Fsp3) is 0.353. The SMILES string of the molecule is CN1N=C(C(=O)N2CC=C(c3ccccc3)CC2)CCC1=O. The Labute approximate surface area is 129 Å². The summed E-state index contributed by atoms with van der Waals surface area (Å²) in [6, 6.07) is 10.2. The van der Waals surface area contributed by atoms with Gasteiger partial charge in [0.05, 0.1) is 0 Å². The highest BCUT2D eigenvalue weighted by Crippen LogP contribution is 2.22. The van der Waals surface area contributed by atoms with Crippen LogP contribution in [-0.4, -0.2) is 47.6 Å². The van der Waals surface area contributed by atoms with Crippen LogP contribution in [0.1, 0.15) is 24.8 Å². The summed E-state index contributed by atoms with van der Waals surface area (Å²) in [5, 5.41) is 5.37. The molecule has 2 aliphatic rings. The van der Waals surface area contributed by atoms with Crippen molar-refractivity contribution in [2.75, 3.05) is 20.1 Å². The molecular formula is C17H19N3O2. The summed E-state index contributed by atoms with van der Waals surface area (Å²) in [7, 11) is 1.60. The number of hydrogen-bond donors (Lipinski definition) is 0. The van der Waals surface area contributed by atoms with Gasteiger partial charge in [-0.3, -0.25) is 9.59 Å². The highest BCUT2D eigenvalue weighted by molar-refractivity contribution is 6.39. The smallest absolute Gasteiger partial charge is 0.270 e. The lowest BCUT2D eigenvalue weighted by atomic mass is 9.99. The van der Waals surface area contributed by atoms with Crippen LogP contribution in [0.15, 0.2) is 41.5 Å². The normalized spacial score (nSPS) is 18.9. The van der Waals surface area contributed by atoms with Crippen LogP contribution in [-0.2, 0) is 9.59 Å². The molecule has 0 saturated carbocycles. The maximum Gasteiger partial charge on any atom is 0.270 e. The van der Waals surface area contributed by atoms with Crippen molar-refractivity contribution in [3.8, 4) is 0 Å². The highest BCUT2D eigenvalue weighted by atomic mass is 16.2. The van der Waals surface area contributed by atoms with Gasteiger partial charge >= 0.3 is 0 Å². The van der Waals surface area contributed by atoms with Gasteiger partial charge in [0.2, 0.25) is 5.91 Å². The van der Waals surface area contributed by atoms with Crippen LogP contribution < -0.4 is 0 Å². The molecule has 1 aromatic carbocycles. The topological polar surface area (TPSA) is 53.0 Å². The summed E-state index contributed by atoms with van der Waals surface area (Å²) in [6.45, 7) is 1.29. The molecule has 0 radical (unpaired) electrons. The molecule has 0 fully saturated rings. The summed E-state index contributed by atoms with van der Waals surface area (Å²) in [4.78, 5) is 25.7. The molecule has 0 spiro atoms. The fourth-order valence-corrected chi connectivity index (χ4v) is 2.77. The monoisotopic (exact) mass is 297 g/mol. The van der Waals surface area contributed by atoms with Crippen molar-refractivity contribution in [2.24, 2.45) is 5.10 Å². The van der Waals surface area contributed by atoms with Crippen molar-refractivity contribution < 1.29 is 9.59 Å². The molecule has 2 aliphatic heterocycles. The number of hydrazone groups is 1. The summed E-state index contributed by atoms with van der Waals surface area (Å²) in [6.07, 6.45) is 3.75. The molecule has 0 aliphatic carbocycles. The van der Waals surface area contributed by atoms with Gasteiger partial charge in [-0.15, -0.1) is 0 Å². The third kappa shape index (κ3) is 2.93. The third-order valence-electron chi connectivity index (χ3n) is 4.10. The standard InChI is InChI=1S/C17H19N3O2/c1-19-16(21)8-7-15(18-19)17(22)20-11-9-14(10-12-20)13-5-3-2-4-6-13/h2-6,9H,7-8,10-12H2,1H3. The van der Waals surface area contributed by atoms with Gasteiger partial charge in [0.25, 0.3) is 5.91 Å². The van der Waals surface area contributed by atoms with Gasteiger partial charge < -0.3 is 4.90 Å². The van der Waals surface area contributed by atoms with E-state index in [4.69, 9.17) is 0 Å². The minimum Gasteiger partial charge on any atom is -0.333 e. The van der Waals surface area contributed by atoms with E-state index in [0.29, 0.717) is 31.6 Å². The number of amides is 2. The van der Waals surface area contributed by atoms with Gasteiger partial charge in [-0.1, -0.05) is 36.4 Å². The number of hydrogen-bond acceptors (Lipinski definition) is 3. The van der Waals surface area contributed by atoms with Crippen LogP contribution in [0.5, 0.6) is 0 Å². The summed E-state index contributed by atoms with van der Waals surface area (Å²) in [5.41, 5.74) is 2.98. The van der Waals surface area contributed by atoms with E-state index in [2.05, 4.69) is 23.3 Å². The quantitative estimate of drug-likeness (QED) is 0.837. The second kappa shape index (κ2) is 6.13. The van der Waals surface area contributed by atoms with Crippen molar-refractivity contribution in [1.82, 2.24) is 9.91 Å². The maximum atomic E-state index is 12.5. The average molecular weight is 297 g/mol.